The van der Waals surface area contributed by atoms with Gasteiger partial charge in [0, 0.05) is 13.5 Å². The summed E-state index contributed by atoms with van der Waals surface area (Å²) >= 11 is 0. The number of aliphatic hydroxyl groups excluding tert-OH is 1. The summed E-state index contributed by atoms with van der Waals surface area (Å²) in [6.45, 7) is 3.38. The number of ether oxygens (including phenoxy) is 1. The molecule has 1 aromatic carbocycles. The second-order valence-corrected chi connectivity index (χ2v) is 6.29. The minimum absolute atomic E-state index is 0.00919. The molecule has 27 heavy (non-hydrogen) atoms. The van der Waals surface area contributed by atoms with E-state index in [1.54, 1.807) is 22.0 Å². The summed E-state index contributed by atoms with van der Waals surface area (Å²) in [5.41, 5.74) is 0.746. The molecule has 0 unspecified atom stereocenters. The molecule has 0 aromatic heterocycles. The summed E-state index contributed by atoms with van der Waals surface area (Å²) in [7, 11) is 0. The molecule has 1 fully saturated rings. The number of amides is 2. The van der Waals surface area contributed by atoms with Gasteiger partial charge in [-0.3, -0.25) is 14.7 Å². The van der Waals surface area contributed by atoms with Crippen LogP contribution in [0.5, 0.6) is 0 Å². The maximum atomic E-state index is 14.6. The van der Waals surface area contributed by atoms with Crippen molar-refractivity contribution in [2.45, 2.75) is 13.0 Å². The number of nitrogens with zero attached hydrogens (tertiary/aromatic N) is 4. The van der Waals surface area contributed by atoms with Crippen molar-refractivity contribution in [1.82, 2.24) is 10.3 Å². The Morgan fingerprint density at radius 3 is 2.89 bits per heavy atom. The van der Waals surface area contributed by atoms with Gasteiger partial charge in [-0.25, -0.2) is 9.18 Å². The van der Waals surface area contributed by atoms with Crippen molar-refractivity contribution in [2.24, 2.45) is 5.10 Å². The molecule has 1 aromatic rings. The largest absolute Gasteiger partial charge is 0.442 e. The van der Waals surface area contributed by atoms with Crippen LogP contribution in [0.1, 0.15) is 6.92 Å². The number of hydrazone groups is 1. The number of anilines is 2. The molecule has 2 aliphatic heterocycles. The van der Waals surface area contributed by atoms with Gasteiger partial charge in [-0.2, -0.15) is 5.10 Å². The van der Waals surface area contributed by atoms with Gasteiger partial charge in [0.05, 0.1) is 44.2 Å². The molecule has 2 amide bonds. The average Bonchev–Trinajstić information content (AvgIpc) is 3.02. The van der Waals surface area contributed by atoms with Crippen LogP contribution in [0.2, 0.25) is 0 Å². The van der Waals surface area contributed by atoms with Crippen LogP contribution in [0.25, 0.3) is 0 Å². The second kappa shape index (κ2) is 8.21. The Labute approximate surface area is 156 Å². The topological polar surface area (TPSA) is 97.7 Å². The van der Waals surface area contributed by atoms with E-state index in [9.17, 15) is 14.0 Å². The molecule has 10 heteroatoms. The summed E-state index contributed by atoms with van der Waals surface area (Å²) in [6.07, 6.45) is 0.470. The number of hydrogen-bond acceptors (Lipinski definition) is 7. The van der Waals surface area contributed by atoms with Crippen molar-refractivity contribution in [3.8, 4) is 0 Å². The highest BCUT2D eigenvalue weighted by molar-refractivity contribution is 5.90. The SMILES string of the molecule is CC(=O)NC[C@H]1CN(c2ccc(N3C=NN(CCO)CC3)c(F)c2)C(=O)O1. The van der Waals surface area contributed by atoms with Gasteiger partial charge in [0.25, 0.3) is 0 Å². The standard InChI is InChI=1S/C17H22FN5O4/c1-12(25)19-9-14-10-23(17(26)27-14)13-2-3-16(15(18)8-13)21-4-5-22(6-7-24)20-11-21/h2-3,8,11,14,24H,4-7,9-10H2,1H3,(H,19,25)/t14-/m0/s1. The fourth-order valence-electron chi connectivity index (χ4n) is 2.93. The predicted molar refractivity (Wildman–Crippen MR) is 97.2 cm³/mol. The van der Waals surface area contributed by atoms with Crippen molar-refractivity contribution in [1.29, 1.82) is 0 Å². The number of β-amino-alcohol motifs (C(OH)–C–C–N with tert-alkyl or cyclic N) is 1. The lowest BCUT2D eigenvalue weighted by Gasteiger charge is -2.30. The first kappa shape index (κ1) is 18.9. The smallest absolute Gasteiger partial charge is 0.414 e. The molecule has 0 aliphatic carbocycles. The third-order valence-corrected chi connectivity index (χ3v) is 4.32. The Kier molecular flexibility index (Phi) is 5.75. The monoisotopic (exact) mass is 379 g/mol. The summed E-state index contributed by atoms with van der Waals surface area (Å²) in [5, 5.41) is 17.4. The Hall–Kier alpha value is -2.88. The van der Waals surface area contributed by atoms with Gasteiger partial charge in [0.2, 0.25) is 5.91 Å². The van der Waals surface area contributed by atoms with Gasteiger partial charge in [0.1, 0.15) is 18.3 Å². The van der Waals surface area contributed by atoms with Crippen molar-refractivity contribution < 1.29 is 23.8 Å². The molecule has 2 N–H and O–H groups in total. The lowest BCUT2D eigenvalue weighted by Crippen LogP contribution is -2.39. The highest BCUT2D eigenvalue weighted by atomic mass is 19.1. The molecule has 3 rings (SSSR count). The highest BCUT2D eigenvalue weighted by Gasteiger charge is 2.33. The second-order valence-electron chi connectivity index (χ2n) is 6.29. The van der Waals surface area contributed by atoms with E-state index >= 15 is 0 Å². The molecule has 1 atom stereocenters. The quantitative estimate of drug-likeness (QED) is 0.740. The molecule has 146 valence electrons. The van der Waals surface area contributed by atoms with Crippen LogP contribution in [-0.2, 0) is 9.53 Å². The van der Waals surface area contributed by atoms with Gasteiger partial charge in [-0.1, -0.05) is 0 Å². The van der Waals surface area contributed by atoms with Gasteiger partial charge in [0.15, 0.2) is 0 Å². The van der Waals surface area contributed by atoms with Crippen molar-refractivity contribution >= 4 is 29.7 Å². The van der Waals surface area contributed by atoms with E-state index < -0.39 is 18.0 Å². The van der Waals surface area contributed by atoms with Crippen molar-refractivity contribution in [3.05, 3.63) is 24.0 Å². The maximum absolute atomic E-state index is 14.6. The highest BCUT2D eigenvalue weighted by Crippen LogP contribution is 2.28. The minimum atomic E-state index is -0.573. The Bertz CT molecular complexity index is 744. The summed E-state index contributed by atoms with van der Waals surface area (Å²) < 4.78 is 19.8. The number of aliphatic hydroxyl groups is 1. The fraction of sp³-hybridized carbons (Fsp3) is 0.471. The van der Waals surface area contributed by atoms with E-state index in [0.29, 0.717) is 31.0 Å². The van der Waals surface area contributed by atoms with Gasteiger partial charge < -0.3 is 20.1 Å². The molecule has 0 saturated carbocycles. The molecule has 0 spiro atoms. The molecule has 2 heterocycles. The normalized spacial score (nSPS) is 19.4. The third kappa shape index (κ3) is 4.45. The van der Waals surface area contributed by atoms with Crippen LogP contribution in [-0.4, -0.2) is 73.9 Å². The molecular weight excluding hydrogens is 357 g/mol. The minimum Gasteiger partial charge on any atom is -0.442 e. The van der Waals surface area contributed by atoms with Crippen molar-refractivity contribution in [3.63, 3.8) is 0 Å². The van der Waals surface area contributed by atoms with Gasteiger partial charge in [-0.15, -0.1) is 0 Å². The van der Waals surface area contributed by atoms with Gasteiger partial charge >= 0.3 is 6.09 Å². The Balaban J connectivity index is 1.67. The number of carbonyl (C=O) groups is 2. The average molecular weight is 379 g/mol. The Morgan fingerprint density at radius 2 is 2.26 bits per heavy atom. The molecule has 1 saturated heterocycles. The lowest BCUT2D eigenvalue weighted by atomic mass is 10.2. The molecular formula is C17H22FN5O4. The molecule has 9 nitrogen and oxygen atoms in total. The van der Waals surface area contributed by atoms with Crippen molar-refractivity contribution in [2.75, 3.05) is 49.1 Å². The molecule has 2 aliphatic rings. The zero-order valence-corrected chi connectivity index (χ0v) is 15.0. The number of benzene rings is 1. The van der Waals surface area contributed by atoms with Crippen LogP contribution < -0.4 is 15.1 Å². The van der Waals surface area contributed by atoms with Gasteiger partial charge in [-0.05, 0) is 18.2 Å². The Morgan fingerprint density at radius 1 is 1.44 bits per heavy atom. The molecule has 0 radical (unpaired) electrons. The zero-order chi connectivity index (χ0) is 19.4. The van der Waals surface area contributed by atoms with Crippen LogP contribution in [0.4, 0.5) is 20.6 Å². The first-order chi connectivity index (χ1) is 13.0. The predicted octanol–water partition coefficient (Wildman–Crippen LogP) is 0.345. The first-order valence-corrected chi connectivity index (χ1v) is 8.66. The van der Waals surface area contributed by atoms with E-state index in [2.05, 4.69) is 10.4 Å². The number of cyclic esters (lactones) is 1. The number of nitrogens with one attached hydrogen (secondary N) is 1. The van der Waals surface area contributed by atoms with E-state index in [1.807, 2.05) is 0 Å². The number of carbonyl (C=O) groups excluding carboxylic acids is 2. The number of hydrogen-bond donors (Lipinski definition) is 2. The zero-order valence-electron chi connectivity index (χ0n) is 15.0. The summed E-state index contributed by atoms with van der Waals surface area (Å²) in [5.74, 6) is -0.687. The van der Waals surface area contributed by atoms with E-state index in [1.165, 1.54) is 24.2 Å². The van der Waals surface area contributed by atoms with Crippen LogP contribution in [0.15, 0.2) is 23.3 Å². The van der Waals surface area contributed by atoms with Crippen LogP contribution >= 0.6 is 0 Å². The molecule has 0 bridgehead atoms. The van der Waals surface area contributed by atoms with E-state index in [-0.39, 0.29) is 25.6 Å². The fourth-order valence-corrected chi connectivity index (χ4v) is 2.93. The first-order valence-electron chi connectivity index (χ1n) is 8.66. The van der Waals surface area contributed by atoms with Crippen LogP contribution in [0.3, 0.4) is 0 Å². The summed E-state index contributed by atoms with van der Waals surface area (Å²) in [4.78, 5) is 26.0. The number of rotatable bonds is 6. The third-order valence-electron chi connectivity index (χ3n) is 4.32. The maximum Gasteiger partial charge on any atom is 0.414 e. The van der Waals surface area contributed by atoms with E-state index in [0.717, 1.165) is 0 Å². The lowest BCUT2D eigenvalue weighted by molar-refractivity contribution is -0.119. The van der Waals surface area contributed by atoms with Crippen LogP contribution in [0, 0.1) is 5.82 Å². The van der Waals surface area contributed by atoms with E-state index in [4.69, 9.17) is 9.84 Å². The summed E-state index contributed by atoms with van der Waals surface area (Å²) in [6, 6.07) is 4.52. The number of halogens is 1.